The second-order valence-electron chi connectivity index (χ2n) is 4.05. The van der Waals surface area contributed by atoms with Crippen LogP contribution in [0.4, 0.5) is 10.1 Å². The van der Waals surface area contributed by atoms with E-state index in [9.17, 15) is 19.3 Å². The number of rotatable bonds is 3. The predicted molar refractivity (Wildman–Crippen MR) is 68.5 cm³/mol. The molecule has 0 saturated heterocycles. The van der Waals surface area contributed by atoms with Crippen LogP contribution in [0.5, 0.6) is 0 Å². The van der Waals surface area contributed by atoms with E-state index >= 15 is 0 Å². The van der Waals surface area contributed by atoms with Crippen molar-refractivity contribution in [2.24, 2.45) is 0 Å². The minimum atomic E-state index is -0.577. The second kappa shape index (κ2) is 4.97. The minimum Gasteiger partial charge on any atom is -0.295 e. The third kappa shape index (κ3) is 2.65. The van der Waals surface area contributed by atoms with Crippen LogP contribution in [0.2, 0.25) is 0 Å². The minimum absolute atomic E-state index is 0.0916. The molecule has 2 aromatic rings. The molecule has 0 atom stereocenters. The van der Waals surface area contributed by atoms with Crippen molar-refractivity contribution in [1.29, 1.82) is 0 Å². The molecule has 96 valence electrons. The first-order valence-electron chi connectivity index (χ1n) is 5.54. The molecule has 0 aliphatic rings. The van der Waals surface area contributed by atoms with Crippen molar-refractivity contribution in [2.45, 2.75) is 6.92 Å². The molecule has 5 heteroatoms. The van der Waals surface area contributed by atoms with Crippen molar-refractivity contribution in [3.63, 3.8) is 0 Å². The van der Waals surface area contributed by atoms with E-state index < -0.39 is 10.7 Å². The number of ketones is 1. The lowest BCUT2D eigenvalue weighted by Crippen LogP contribution is -1.93. The van der Waals surface area contributed by atoms with Crippen molar-refractivity contribution in [3.05, 3.63) is 64.0 Å². The molecular weight excluding hydrogens is 249 g/mol. The summed E-state index contributed by atoms with van der Waals surface area (Å²) in [4.78, 5) is 21.2. The standard InChI is InChI=1S/C14H10FNO3/c1-9(17)10-2-4-11(5-3-10)13-8-12(16(18)19)6-7-14(13)15/h2-8H,1H3. The molecule has 19 heavy (non-hydrogen) atoms. The highest BCUT2D eigenvalue weighted by molar-refractivity contribution is 5.94. The van der Waals surface area contributed by atoms with Crippen LogP contribution in [0.15, 0.2) is 42.5 Å². The molecule has 0 amide bonds. The highest BCUT2D eigenvalue weighted by Gasteiger charge is 2.12. The number of benzene rings is 2. The molecule has 0 heterocycles. The van der Waals surface area contributed by atoms with Gasteiger partial charge in [-0.25, -0.2) is 4.39 Å². The highest BCUT2D eigenvalue weighted by atomic mass is 19.1. The van der Waals surface area contributed by atoms with E-state index in [1.807, 2.05) is 0 Å². The topological polar surface area (TPSA) is 60.2 Å². The van der Waals surface area contributed by atoms with Gasteiger partial charge in [0.1, 0.15) is 5.82 Å². The summed E-state index contributed by atoms with van der Waals surface area (Å²) in [7, 11) is 0. The number of Topliss-reactive ketones (excluding diaryl/α,β-unsaturated/α-hetero) is 1. The number of nitro benzene ring substituents is 1. The van der Waals surface area contributed by atoms with Gasteiger partial charge in [-0.1, -0.05) is 24.3 Å². The summed E-state index contributed by atoms with van der Waals surface area (Å²) in [5, 5.41) is 10.7. The second-order valence-corrected chi connectivity index (χ2v) is 4.05. The number of carbonyl (C=O) groups excluding carboxylic acids is 1. The van der Waals surface area contributed by atoms with Gasteiger partial charge in [-0.15, -0.1) is 0 Å². The fourth-order valence-corrected chi connectivity index (χ4v) is 1.73. The Morgan fingerprint density at radius 1 is 1.16 bits per heavy atom. The number of non-ortho nitro benzene ring substituents is 1. The lowest BCUT2D eigenvalue weighted by atomic mass is 10.0. The predicted octanol–water partition coefficient (Wildman–Crippen LogP) is 3.60. The molecular formula is C14H10FNO3. The van der Waals surface area contributed by atoms with E-state index in [0.29, 0.717) is 11.1 Å². The lowest BCUT2D eigenvalue weighted by molar-refractivity contribution is -0.384. The molecule has 0 spiro atoms. The Balaban J connectivity index is 2.48. The van der Waals surface area contributed by atoms with Crippen LogP contribution in [-0.4, -0.2) is 10.7 Å². The number of nitro groups is 1. The quantitative estimate of drug-likeness (QED) is 0.480. The summed E-state index contributed by atoms with van der Waals surface area (Å²) in [6.07, 6.45) is 0. The summed E-state index contributed by atoms with van der Waals surface area (Å²) in [6.45, 7) is 1.43. The van der Waals surface area contributed by atoms with Gasteiger partial charge in [0.15, 0.2) is 5.78 Å². The van der Waals surface area contributed by atoms with Crippen molar-refractivity contribution in [3.8, 4) is 11.1 Å². The van der Waals surface area contributed by atoms with Crippen LogP contribution < -0.4 is 0 Å². The molecule has 0 saturated carbocycles. The van der Waals surface area contributed by atoms with Crippen molar-refractivity contribution < 1.29 is 14.1 Å². The maximum atomic E-state index is 13.7. The monoisotopic (exact) mass is 259 g/mol. The van der Waals surface area contributed by atoms with Crippen LogP contribution >= 0.6 is 0 Å². The molecule has 0 aliphatic heterocycles. The summed E-state index contributed by atoms with van der Waals surface area (Å²) in [5.41, 5.74) is 0.970. The zero-order valence-corrected chi connectivity index (χ0v) is 10.1. The molecule has 0 radical (unpaired) electrons. The van der Waals surface area contributed by atoms with E-state index in [4.69, 9.17) is 0 Å². The highest BCUT2D eigenvalue weighted by Crippen LogP contribution is 2.27. The summed E-state index contributed by atoms with van der Waals surface area (Å²) >= 11 is 0. The summed E-state index contributed by atoms with van der Waals surface area (Å²) in [5.74, 6) is -0.632. The number of halogens is 1. The Hall–Kier alpha value is -2.56. The molecule has 4 nitrogen and oxygen atoms in total. The first kappa shape index (κ1) is 12.9. The smallest absolute Gasteiger partial charge is 0.270 e. The van der Waals surface area contributed by atoms with Gasteiger partial charge in [0.2, 0.25) is 0 Å². The molecule has 0 fully saturated rings. The third-order valence-corrected chi connectivity index (χ3v) is 2.76. The van der Waals surface area contributed by atoms with Crippen molar-refractivity contribution in [1.82, 2.24) is 0 Å². The number of carbonyl (C=O) groups is 1. The first-order chi connectivity index (χ1) is 8.99. The van der Waals surface area contributed by atoms with Crippen LogP contribution in [0.3, 0.4) is 0 Å². The average molecular weight is 259 g/mol. The van der Waals surface area contributed by atoms with Crippen LogP contribution in [0.1, 0.15) is 17.3 Å². The van der Waals surface area contributed by atoms with Crippen molar-refractivity contribution in [2.75, 3.05) is 0 Å². The normalized spacial score (nSPS) is 10.2. The summed E-state index contributed by atoms with van der Waals surface area (Å²) < 4.78 is 13.7. The SMILES string of the molecule is CC(=O)c1ccc(-c2cc([N+](=O)[O-])ccc2F)cc1. The molecule has 0 N–H and O–H groups in total. The van der Waals surface area contributed by atoms with Gasteiger partial charge in [-0.3, -0.25) is 14.9 Å². The maximum absolute atomic E-state index is 13.7. The zero-order chi connectivity index (χ0) is 14.0. The van der Waals surface area contributed by atoms with Gasteiger partial charge in [-0.05, 0) is 18.6 Å². The largest absolute Gasteiger partial charge is 0.295 e. The summed E-state index contributed by atoms with van der Waals surface area (Å²) in [6, 6.07) is 9.62. The molecule has 0 unspecified atom stereocenters. The fraction of sp³-hybridized carbons (Fsp3) is 0.0714. The van der Waals surface area contributed by atoms with Crippen LogP contribution in [0, 0.1) is 15.9 Å². The average Bonchev–Trinajstić information content (AvgIpc) is 2.39. The van der Waals surface area contributed by atoms with Gasteiger partial charge in [0.05, 0.1) is 4.92 Å². The van der Waals surface area contributed by atoms with Crippen LogP contribution in [0.25, 0.3) is 11.1 Å². The maximum Gasteiger partial charge on any atom is 0.270 e. The Kier molecular flexibility index (Phi) is 3.37. The van der Waals surface area contributed by atoms with E-state index in [1.165, 1.54) is 13.0 Å². The Labute approximate surface area is 108 Å². The van der Waals surface area contributed by atoms with Crippen LogP contribution in [-0.2, 0) is 0 Å². The zero-order valence-electron chi connectivity index (χ0n) is 10.1. The molecule has 2 rings (SSSR count). The molecule has 0 bridgehead atoms. The van der Waals surface area contributed by atoms with Gasteiger partial charge < -0.3 is 0 Å². The van der Waals surface area contributed by atoms with E-state index in [-0.39, 0.29) is 17.0 Å². The van der Waals surface area contributed by atoms with Gasteiger partial charge in [0, 0.05) is 23.3 Å². The van der Waals surface area contributed by atoms with E-state index in [0.717, 1.165) is 12.1 Å². The third-order valence-electron chi connectivity index (χ3n) is 2.76. The number of hydrogen-bond donors (Lipinski definition) is 0. The Morgan fingerprint density at radius 2 is 1.79 bits per heavy atom. The van der Waals surface area contributed by atoms with Gasteiger partial charge in [0.25, 0.3) is 5.69 Å². The van der Waals surface area contributed by atoms with E-state index in [1.54, 1.807) is 24.3 Å². The molecule has 0 aromatic heterocycles. The number of nitrogens with zero attached hydrogens (tertiary/aromatic N) is 1. The Morgan fingerprint density at radius 3 is 2.32 bits per heavy atom. The molecule has 2 aromatic carbocycles. The first-order valence-corrected chi connectivity index (χ1v) is 5.54. The lowest BCUT2D eigenvalue weighted by Gasteiger charge is -2.04. The molecule has 0 aliphatic carbocycles. The van der Waals surface area contributed by atoms with Gasteiger partial charge in [-0.2, -0.15) is 0 Å². The number of hydrogen-bond acceptors (Lipinski definition) is 3. The van der Waals surface area contributed by atoms with Crippen molar-refractivity contribution >= 4 is 11.5 Å². The van der Waals surface area contributed by atoms with Gasteiger partial charge >= 0.3 is 0 Å². The van der Waals surface area contributed by atoms with E-state index in [2.05, 4.69) is 0 Å². The Bertz CT molecular complexity index is 650. The fourth-order valence-electron chi connectivity index (χ4n) is 1.73.